The van der Waals surface area contributed by atoms with Gasteiger partial charge in [-0.1, -0.05) is 25.2 Å². The number of thiazole rings is 1. The summed E-state index contributed by atoms with van der Waals surface area (Å²) in [5.74, 6) is -0.712. The molecule has 2 fully saturated rings. The maximum atomic E-state index is 15.8. The van der Waals surface area contributed by atoms with E-state index in [0.717, 1.165) is 37.4 Å². The van der Waals surface area contributed by atoms with Gasteiger partial charge in [-0.15, -0.1) is 0 Å². The molecule has 2 aliphatic heterocycles. The molecular formula is C32H30F2N6O2S. The predicted molar refractivity (Wildman–Crippen MR) is 161 cm³/mol. The minimum Gasteiger partial charge on any atom is -0.387 e. The van der Waals surface area contributed by atoms with Crippen LogP contribution in [0.15, 0.2) is 36.4 Å². The molecule has 3 aliphatic rings. The Bertz CT molecular complexity index is 1820. The third-order valence-corrected chi connectivity index (χ3v) is 9.88. The lowest BCUT2D eigenvalue weighted by molar-refractivity contribution is -0.148. The van der Waals surface area contributed by atoms with Crippen molar-refractivity contribution in [2.45, 2.75) is 32.8 Å². The van der Waals surface area contributed by atoms with Gasteiger partial charge in [0.05, 0.1) is 17.5 Å². The van der Waals surface area contributed by atoms with Gasteiger partial charge in [-0.25, -0.2) is 18.7 Å². The van der Waals surface area contributed by atoms with Gasteiger partial charge in [0.2, 0.25) is 5.91 Å². The molecule has 2 aromatic carbocycles. The molecule has 1 atom stereocenters. The summed E-state index contributed by atoms with van der Waals surface area (Å²) in [5, 5.41) is 21.7. The molecule has 0 saturated carbocycles. The molecule has 4 heterocycles. The van der Waals surface area contributed by atoms with E-state index in [9.17, 15) is 19.6 Å². The number of rotatable bonds is 5. The van der Waals surface area contributed by atoms with Crippen molar-refractivity contribution in [3.8, 4) is 17.3 Å². The Morgan fingerprint density at radius 1 is 1.16 bits per heavy atom. The Hall–Kier alpha value is -4.14. The SMILES string of the molecule is CC(C)C(=O)N1CC2(C1)CN(c1cc(F)c3nc4c(c(N(C)c5nc(-c6ccc(F)cc6)c(C#N)s5)c3c1)CCC4O)C2. The lowest BCUT2D eigenvalue weighted by atomic mass is 9.72. The lowest BCUT2D eigenvalue weighted by Crippen LogP contribution is -2.73. The number of aliphatic hydroxyl groups excluding tert-OH is 1. The van der Waals surface area contributed by atoms with Crippen LogP contribution in [0.4, 0.5) is 25.3 Å². The minimum atomic E-state index is -0.795. The van der Waals surface area contributed by atoms with E-state index in [1.54, 1.807) is 12.1 Å². The topological polar surface area (TPSA) is 96.6 Å². The van der Waals surface area contributed by atoms with Crippen LogP contribution in [-0.2, 0) is 11.2 Å². The van der Waals surface area contributed by atoms with Crippen molar-refractivity contribution in [1.29, 1.82) is 5.26 Å². The van der Waals surface area contributed by atoms with Crippen LogP contribution in [0.5, 0.6) is 0 Å². The van der Waals surface area contributed by atoms with Crippen molar-refractivity contribution >= 4 is 44.7 Å². The number of hydrogen-bond acceptors (Lipinski definition) is 8. The third kappa shape index (κ3) is 4.43. The molecule has 0 radical (unpaired) electrons. The Morgan fingerprint density at radius 2 is 1.88 bits per heavy atom. The number of aliphatic hydroxyl groups is 1. The Kier molecular flexibility index (Phi) is 6.41. The fourth-order valence-electron chi connectivity index (χ4n) is 6.71. The van der Waals surface area contributed by atoms with Crippen molar-refractivity contribution < 1.29 is 18.7 Å². The molecule has 1 unspecified atom stereocenters. The molecule has 4 aromatic rings. The van der Waals surface area contributed by atoms with Crippen molar-refractivity contribution in [3.63, 3.8) is 0 Å². The fraction of sp³-hybridized carbons (Fsp3) is 0.375. The molecule has 0 bridgehead atoms. The van der Waals surface area contributed by atoms with Crippen molar-refractivity contribution in [1.82, 2.24) is 14.9 Å². The van der Waals surface area contributed by atoms with E-state index in [1.165, 1.54) is 29.5 Å². The number of carbonyl (C=O) groups excluding carboxylic acids is 1. The maximum Gasteiger partial charge on any atom is 0.225 e. The van der Waals surface area contributed by atoms with Gasteiger partial charge in [0.15, 0.2) is 10.9 Å². The predicted octanol–water partition coefficient (Wildman–Crippen LogP) is 5.56. The fourth-order valence-corrected chi connectivity index (χ4v) is 7.57. The molecule has 11 heteroatoms. The summed E-state index contributed by atoms with van der Waals surface area (Å²) < 4.78 is 29.4. The molecule has 1 amide bonds. The second-order valence-corrected chi connectivity index (χ2v) is 13.2. The van der Waals surface area contributed by atoms with E-state index in [0.29, 0.717) is 50.9 Å². The monoisotopic (exact) mass is 600 g/mol. The summed E-state index contributed by atoms with van der Waals surface area (Å²) >= 11 is 1.20. The molecule has 220 valence electrons. The number of anilines is 3. The second-order valence-electron chi connectivity index (χ2n) is 12.3. The van der Waals surface area contributed by atoms with Crippen molar-refractivity contribution in [3.05, 3.63) is 64.2 Å². The normalized spacial score (nSPS) is 18.5. The minimum absolute atomic E-state index is 0.0277. The Balaban J connectivity index is 1.27. The quantitative estimate of drug-likeness (QED) is 0.320. The van der Waals surface area contributed by atoms with Gasteiger partial charge in [0.25, 0.3) is 0 Å². The maximum absolute atomic E-state index is 15.8. The number of nitrogens with zero attached hydrogens (tertiary/aromatic N) is 6. The van der Waals surface area contributed by atoms with Crippen LogP contribution in [0, 0.1) is 34.3 Å². The number of amides is 1. The Labute approximate surface area is 251 Å². The molecule has 1 spiro atoms. The molecule has 2 aromatic heterocycles. The second kappa shape index (κ2) is 9.96. The van der Waals surface area contributed by atoms with Crippen LogP contribution in [0.3, 0.4) is 0 Å². The first kappa shape index (κ1) is 27.7. The highest BCUT2D eigenvalue weighted by atomic mass is 32.1. The van der Waals surface area contributed by atoms with Crippen molar-refractivity contribution in [2.24, 2.45) is 11.3 Å². The van der Waals surface area contributed by atoms with E-state index in [1.807, 2.05) is 36.8 Å². The zero-order valence-corrected chi connectivity index (χ0v) is 24.9. The van der Waals surface area contributed by atoms with E-state index in [4.69, 9.17) is 4.98 Å². The first-order valence-corrected chi connectivity index (χ1v) is 15.2. The first-order valence-electron chi connectivity index (χ1n) is 14.4. The zero-order valence-electron chi connectivity index (χ0n) is 24.1. The van der Waals surface area contributed by atoms with Crippen LogP contribution in [0.1, 0.15) is 42.5 Å². The van der Waals surface area contributed by atoms with Crippen LogP contribution in [-0.4, -0.2) is 59.1 Å². The lowest BCUT2D eigenvalue weighted by Gasteiger charge is -2.61. The summed E-state index contributed by atoms with van der Waals surface area (Å²) in [6.45, 7) is 6.74. The molecule has 1 aliphatic carbocycles. The van der Waals surface area contributed by atoms with Crippen LogP contribution in [0.25, 0.3) is 22.2 Å². The summed E-state index contributed by atoms with van der Waals surface area (Å²) in [7, 11) is 1.83. The first-order chi connectivity index (χ1) is 20.6. The number of fused-ring (bicyclic) bond motifs is 2. The zero-order chi connectivity index (χ0) is 30.2. The summed E-state index contributed by atoms with van der Waals surface area (Å²) in [5.41, 5.74) is 4.03. The summed E-state index contributed by atoms with van der Waals surface area (Å²) in [4.78, 5) is 28.0. The van der Waals surface area contributed by atoms with Gasteiger partial charge in [-0.2, -0.15) is 5.26 Å². The molecular weight excluding hydrogens is 570 g/mol. The van der Waals surface area contributed by atoms with Gasteiger partial charge in [0, 0.05) is 66.8 Å². The van der Waals surface area contributed by atoms with Gasteiger partial charge < -0.3 is 19.8 Å². The number of likely N-dealkylation sites (tertiary alicyclic amines) is 1. The van der Waals surface area contributed by atoms with Crippen LogP contribution in [0.2, 0.25) is 0 Å². The van der Waals surface area contributed by atoms with E-state index in [-0.39, 0.29) is 28.6 Å². The molecule has 43 heavy (non-hydrogen) atoms. The van der Waals surface area contributed by atoms with Crippen LogP contribution >= 0.6 is 11.3 Å². The largest absolute Gasteiger partial charge is 0.387 e. The number of aromatic nitrogens is 2. The summed E-state index contributed by atoms with van der Waals surface area (Å²) in [6.07, 6.45) is 0.256. The smallest absolute Gasteiger partial charge is 0.225 e. The average molecular weight is 601 g/mol. The molecule has 8 nitrogen and oxygen atoms in total. The van der Waals surface area contributed by atoms with E-state index < -0.39 is 11.9 Å². The number of halogens is 2. The highest BCUT2D eigenvalue weighted by Crippen LogP contribution is 2.47. The highest BCUT2D eigenvalue weighted by Gasteiger charge is 2.53. The Morgan fingerprint density at radius 3 is 2.56 bits per heavy atom. The molecule has 7 rings (SSSR count). The molecule has 1 N–H and O–H groups in total. The van der Waals surface area contributed by atoms with Crippen LogP contribution < -0.4 is 9.80 Å². The van der Waals surface area contributed by atoms with Gasteiger partial charge in [0.1, 0.15) is 28.0 Å². The average Bonchev–Trinajstić information content (AvgIpc) is 3.54. The molecule has 2 saturated heterocycles. The number of pyridine rings is 1. The number of hydrogen-bond donors (Lipinski definition) is 1. The van der Waals surface area contributed by atoms with Gasteiger partial charge in [-0.3, -0.25) is 4.79 Å². The highest BCUT2D eigenvalue weighted by molar-refractivity contribution is 7.16. The van der Waals surface area contributed by atoms with Gasteiger partial charge in [-0.05, 0) is 49.2 Å². The van der Waals surface area contributed by atoms with Crippen molar-refractivity contribution in [2.75, 3.05) is 43.0 Å². The third-order valence-electron chi connectivity index (χ3n) is 8.85. The van der Waals surface area contributed by atoms with E-state index in [2.05, 4.69) is 16.0 Å². The number of benzene rings is 2. The standard InChI is InChI=1S/C32H30F2N6O2S/c1-17(2)30(42)40-15-32(16-40)13-39(14-32)20-10-22-27(23(34)11-20)36-28-21(8-9-24(28)41)29(22)38(3)31-37-26(25(12-35)43-31)18-4-6-19(33)7-5-18/h4-7,10-11,17,24,41H,8-9,13-16H2,1-3H3. The number of nitriles is 1. The van der Waals surface area contributed by atoms with E-state index >= 15 is 4.39 Å². The summed E-state index contributed by atoms with van der Waals surface area (Å²) in [6, 6.07) is 11.5. The number of carbonyl (C=O) groups is 1. The van der Waals surface area contributed by atoms with Gasteiger partial charge >= 0.3 is 0 Å².